The minimum absolute atomic E-state index is 0.0819. The lowest BCUT2D eigenvalue weighted by molar-refractivity contribution is -0.138. The van der Waals surface area contributed by atoms with E-state index in [9.17, 15) is 4.79 Å². The SMILES string of the molecule is CCC(CC(=O)O)Cn1nnnc1C(C)C. The molecule has 0 amide bonds. The fourth-order valence-electron chi connectivity index (χ4n) is 1.58. The van der Waals surface area contributed by atoms with Gasteiger partial charge in [0.1, 0.15) is 0 Å². The van der Waals surface area contributed by atoms with E-state index in [2.05, 4.69) is 15.5 Å². The first-order valence-corrected chi connectivity index (χ1v) is 5.52. The lowest BCUT2D eigenvalue weighted by Gasteiger charge is -2.13. The van der Waals surface area contributed by atoms with Crippen LogP contribution in [0.25, 0.3) is 0 Å². The monoisotopic (exact) mass is 226 g/mol. The number of nitrogens with zero attached hydrogens (tertiary/aromatic N) is 4. The van der Waals surface area contributed by atoms with E-state index in [1.165, 1.54) is 0 Å². The molecular formula is C10H18N4O2. The molecule has 0 aliphatic rings. The lowest BCUT2D eigenvalue weighted by Crippen LogP contribution is -2.17. The van der Waals surface area contributed by atoms with Gasteiger partial charge in [0.2, 0.25) is 0 Å². The van der Waals surface area contributed by atoms with Gasteiger partial charge in [0, 0.05) is 18.9 Å². The third kappa shape index (κ3) is 3.29. The van der Waals surface area contributed by atoms with E-state index in [-0.39, 0.29) is 18.3 Å². The maximum atomic E-state index is 10.7. The maximum absolute atomic E-state index is 10.7. The van der Waals surface area contributed by atoms with Crippen molar-refractivity contribution in [3.63, 3.8) is 0 Å². The van der Waals surface area contributed by atoms with Gasteiger partial charge in [-0.25, -0.2) is 4.68 Å². The average molecular weight is 226 g/mol. The molecule has 1 rings (SSSR count). The molecular weight excluding hydrogens is 208 g/mol. The minimum atomic E-state index is -0.772. The largest absolute Gasteiger partial charge is 0.481 e. The molecule has 90 valence electrons. The Hall–Kier alpha value is -1.46. The molecule has 6 nitrogen and oxygen atoms in total. The molecule has 16 heavy (non-hydrogen) atoms. The van der Waals surface area contributed by atoms with Crippen LogP contribution in [-0.2, 0) is 11.3 Å². The molecule has 0 aromatic carbocycles. The Morgan fingerprint density at radius 2 is 2.19 bits per heavy atom. The van der Waals surface area contributed by atoms with Crippen molar-refractivity contribution in [3.8, 4) is 0 Å². The van der Waals surface area contributed by atoms with Crippen molar-refractivity contribution in [1.82, 2.24) is 20.2 Å². The van der Waals surface area contributed by atoms with E-state index < -0.39 is 5.97 Å². The number of hydrogen-bond donors (Lipinski definition) is 1. The molecule has 0 bridgehead atoms. The van der Waals surface area contributed by atoms with Gasteiger partial charge in [-0.15, -0.1) is 5.10 Å². The number of hydrogen-bond acceptors (Lipinski definition) is 4. The standard InChI is InChI=1S/C10H18N4O2/c1-4-8(5-9(15)16)6-14-10(7(2)3)11-12-13-14/h7-8H,4-6H2,1-3H3,(H,15,16). The Morgan fingerprint density at radius 3 is 2.69 bits per heavy atom. The Bertz CT molecular complexity index is 348. The zero-order valence-corrected chi connectivity index (χ0v) is 9.92. The molecule has 0 radical (unpaired) electrons. The van der Waals surface area contributed by atoms with Crippen LogP contribution >= 0.6 is 0 Å². The second-order valence-electron chi connectivity index (χ2n) is 4.25. The summed E-state index contributed by atoms with van der Waals surface area (Å²) >= 11 is 0. The number of aliphatic carboxylic acids is 1. The first-order valence-electron chi connectivity index (χ1n) is 5.52. The second kappa shape index (κ2) is 5.58. The molecule has 1 unspecified atom stereocenters. The molecule has 0 fully saturated rings. The van der Waals surface area contributed by atoms with Gasteiger partial charge in [0.25, 0.3) is 0 Å². The summed E-state index contributed by atoms with van der Waals surface area (Å²) in [6, 6.07) is 0. The lowest BCUT2D eigenvalue weighted by atomic mass is 10.0. The molecule has 0 saturated heterocycles. The van der Waals surface area contributed by atoms with E-state index in [4.69, 9.17) is 5.11 Å². The molecule has 1 aromatic heterocycles. The normalized spacial score (nSPS) is 13.0. The summed E-state index contributed by atoms with van der Waals surface area (Å²) in [6.07, 6.45) is 0.970. The van der Waals surface area contributed by atoms with Gasteiger partial charge in [-0.2, -0.15) is 0 Å². The number of carboxylic acids is 1. The molecule has 1 aromatic rings. The third-order valence-corrected chi connectivity index (χ3v) is 2.55. The topological polar surface area (TPSA) is 80.9 Å². The van der Waals surface area contributed by atoms with Crippen molar-refractivity contribution in [1.29, 1.82) is 0 Å². The fraction of sp³-hybridized carbons (Fsp3) is 0.800. The van der Waals surface area contributed by atoms with Crippen molar-refractivity contribution in [2.24, 2.45) is 5.92 Å². The van der Waals surface area contributed by atoms with Crippen molar-refractivity contribution >= 4 is 5.97 Å². The Labute approximate surface area is 94.7 Å². The smallest absolute Gasteiger partial charge is 0.303 e. The van der Waals surface area contributed by atoms with Crippen LogP contribution in [0.2, 0.25) is 0 Å². The van der Waals surface area contributed by atoms with Crippen molar-refractivity contribution in [2.45, 2.75) is 46.1 Å². The van der Waals surface area contributed by atoms with Gasteiger partial charge in [-0.1, -0.05) is 27.2 Å². The highest BCUT2D eigenvalue weighted by molar-refractivity contribution is 5.66. The van der Waals surface area contributed by atoms with Gasteiger partial charge in [0.05, 0.1) is 0 Å². The van der Waals surface area contributed by atoms with Gasteiger partial charge in [-0.05, 0) is 16.3 Å². The number of carboxylic acid groups (broad SMARTS) is 1. The summed E-state index contributed by atoms with van der Waals surface area (Å²) in [6.45, 7) is 6.58. The third-order valence-electron chi connectivity index (χ3n) is 2.55. The van der Waals surface area contributed by atoms with Gasteiger partial charge < -0.3 is 5.11 Å². The van der Waals surface area contributed by atoms with Gasteiger partial charge in [0.15, 0.2) is 5.82 Å². The average Bonchev–Trinajstić information content (AvgIpc) is 2.64. The zero-order valence-electron chi connectivity index (χ0n) is 9.92. The number of tetrazole rings is 1. The van der Waals surface area contributed by atoms with Crippen LogP contribution in [0.4, 0.5) is 0 Å². The molecule has 0 aliphatic carbocycles. The Balaban J connectivity index is 2.70. The number of aromatic nitrogens is 4. The molecule has 1 heterocycles. The predicted molar refractivity (Wildman–Crippen MR) is 57.9 cm³/mol. The molecule has 6 heteroatoms. The second-order valence-corrected chi connectivity index (χ2v) is 4.25. The van der Waals surface area contributed by atoms with Crippen molar-refractivity contribution in [3.05, 3.63) is 5.82 Å². The van der Waals surface area contributed by atoms with Crippen molar-refractivity contribution in [2.75, 3.05) is 0 Å². The molecule has 1 atom stereocenters. The van der Waals surface area contributed by atoms with Crippen molar-refractivity contribution < 1.29 is 9.90 Å². The van der Waals surface area contributed by atoms with Crippen LogP contribution < -0.4 is 0 Å². The zero-order chi connectivity index (χ0) is 12.1. The predicted octanol–water partition coefficient (Wildman–Crippen LogP) is 1.30. The number of carbonyl (C=O) groups is 1. The first-order chi connectivity index (χ1) is 7.54. The highest BCUT2D eigenvalue weighted by atomic mass is 16.4. The summed E-state index contributed by atoms with van der Waals surface area (Å²) in [5.74, 6) is 0.366. The van der Waals surface area contributed by atoms with E-state index >= 15 is 0 Å². The summed E-state index contributed by atoms with van der Waals surface area (Å²) in [5.41, 5.74) is 0. The van der Waals surface area contributed by atoms with Crippen LogP contribution in [0.15, 0.2) is 0 Å². The highest BCUT2D eigenvalue weighted by Gasteiger charge is 2.16. The van der Waals surface area contributed by atoms with E-state index in [1.807, 2.05) is 20.8 Å². The van der Waals surface area contributed by atoms with Crippen LogP contribution in [0.3, 0.4) is 0 Å². The quantitative estimate of drug-likeness (QED) is 0.790. The van der Waals surface area contributed by atoms with Crippen LogP contribution in [0.1, 0.15) is 45.4 Å². The minimum Gasteiger partial charge on any atom is -0.481 e. The highest BCUT2D eigenvalue weighted by Crippen LogP contribution is 2.15. The fourth-order valence-corrected chi connectivity index (χ4v) is 1.58. The molecule has 0 aliphatic heterocycles. The van der Waals surface area contributed by atoms with E-state index in [1.54, 1.807) is 4.68 Å². The van der Waals surface area contributed by atoms with Gasteiger partial charge >= 0.3 is 5.97 Å². The summed E-state index contributed by atoms with van der Waals surface area (Å²) in [4.78, 5) is 10.7. The van der Waals surface area contributed by atoms with Crippen LogP contribution in [0.5, 0.6) is 0 Å². The summed E-state index contributed by atoms with van der Waals surface area (Å²) in [5, 5.41) is 20.2. The molecule has 1 N–H and O–H groups in total. The van der Waals surface area contributed by atoms with Gasteiger partial charge in [-0.3, -0.25) is 4.79 Å². The van der Waals surface area contributed by atoms with E-state index in [0.717, 1.165) is 12.2 Å². The summed E-state index contributed by atoms with van der Waals surface area (Å²) in [7, 11) is 0. The Morgan fingerprint density at radius 1 is 1.50 bits per heavy atom. The Kier molecular flexibility index (Phi) is 4.39. The molecule has 0 spiro atoms. The molecule has 0 saturated carbocycles. The first kappa shape index (κ1) is 12.6. The summed E-state index contributed by atoms with van der Waals surface area (Å²) < 4.78 is 1.71. The van der Waals surface area contributed by atoms with E-state index in [0.29, 0.717) is 6.54 Å². The number of rotatable bonds is 6. The maximum Gasteiger partial charge on any atom is 0.303 e. The van der Waals surface area contributed by atoms with Crippen LogP contribution in [0, 0.1) is 5.92 Å². The van der Waals surface area contributed by atoms with Crippen LogP contribution in [-0.4, -0.2) is 31.3 Å².